The van der Waals surface area contributed by atoms with E-state index in [9.17, 15) is 4.79 Å². The van der Waals surface area contributed by atoms with E-state index < -0.39 is 0 Å². The first kappa shape index (κ1) is 20.6. The van der Waals surface area contributed by atoms with Gasteiger partial charge in [-0.05, 0) is 53.6 Å². The standard InChI is InChI=1S/C22H23NO3S2/c1-15(2)13-25-18-10-6-17(7-11-18)14-26-19-8-4-16(5-9-19)12-20-21(24)23-22(27-3)28-20/h4-12,15H,13-14H2,1-3H3/b20-12-. The van der Waals surface area contributed by atoms with Crippen LogP contribution < -0.4 is 9.47 Å². The Kier molecular flexibility index (Phi) is 7.23. The second-order valence-corrected chi connectivity index (χ2v) is 8.79. The van der Waals surface area contributed by atoms with Gasteiger partial charge in [-0.1, -0.05) is 49.9 Å². The third kappa shape index (κ3) is 5.91. The van der Waals surface area contributed by atoms with Crippen molar-refractivity contribution in [2.75, 3.05) is 12.9 Å². The molecule has 3 rings (SSSR count). The second kappa shape index (κ2) is 9.85. The minimum Gasteiger partial charge on any atom is -0.493 e. The fourth-order valence-corrected chi connectivity index (χ4v) is 3.82. The van der Waals surface area contributed by atoms with E-state index in [4.69, 9.17) is 9.47 Å². The summed E-state index contributed by atoms with van der Waals surface area (Å²) in [5.74, 6) is 2.00. The van der Waals surface area contributed by atoms with E-state index in [1.54, 1.807) is 0 Å². The fourth-order valence-electron chi connectivity index (χ4n) is 2.40. The monoisotopic (exact) mass is 413 g/mol. The molecule has 28 heavy (non-hydrogen) atoms. The van der Waals surface area contributed by atoms with Gasteiger partial charge in [0.25, 0.3) is 5.91 Å². The van der Waals surface area contributed by atoms with Crippen molar-refractivity contribution in [3.63, 3.8) is 0 Å². The van der Waals surface area contributed by atoms with E-state index in [0.29, 0.717) is 24.0 Å². The van der Waals surface area contributed by atoms with Crippen LogP contribution >= 0.6 is 23.5 Å². The average molecular weight is 414 g/mol. The molecule has 4 nitrogen and oxygen atoms in total. The highest BCUT2D eigenvalue weighted by Gasteiger charge is 2.20. The first-order chi connectivity index (χ1) is 13.5. The Hall–Kier alpha value is -2.18. The van der Waals surface area contributed by atoms with Crippen molar-refractivity contribution < 1.29 is 14.3 Å². The molecule has 1 amide bonds. The molecule has 2 aromatic carbocycles. The van der Waals surface area contributed by atoms with Gasteiger partial charge in [-0.2, -0.15) is 4.99 Å². The number of aliphatic imine (C=N–C) groups is 1. The topological polar surface area (TPSA) is 47.9 Å². The molecule has 2 aromatic rings. The summed E-state index contributed by atoms with van der Waals surface area (Å²) in [6.45, 7) is 5.46. The molecule has 146 valence electrons. The number of nitrogens with zero attached hydrogens (tertiary/aromatic N) is 1. The highest BCUT2D eigenvalue weighted by molar-refractivity contribution is 8.40. The molecule has 0 saturated carbocycles. The van der Waals surface area contributed by atoms with Crippen LogP contribution in [0.25, 0.3) is 6.08 Å². The van der Waals surface area contributed by atoms with Gasteiger partial charge in [-0.25, -0.2) is 0 Å². The summed E-state index contributed by atoms with van der Waals surface area (Å²) in [7, 11) is 0. The molecular weight excluding hydrogens is 390 g/mol. The largest absolute Gasteiger partial charge is 0.493 e. The second-order valence-electron chi connectivity index (χ2n) is 6.70. The fraction of sp³-hybridized carbons (Fsp3) is 0.273. The van der Waals surface area contributed by atoms with Gasteiger partial charge in [0.2, 0.25) is 0 Å². The van der Waals surface area contributed by atoms with E-state index in [2.05, 4.69) is 18.8 Å². The number of benzene rings is 2. The number of thioether (sulfide) groups is 2. The lowest BCUT2D eigenvalue weighted by Gasteiger charge is -2.10. The van der Waals surface area contributed by atoms with Crippen LogP contribution in [0.15, 0.2) is 58.4 Å². The van der Waals surface area contributed by atoms with Gasteiger partial charge in [-0.3, -0.25) is 4.79 Å². The molecule has 0 fully saturated rings. The van der Waals surface area contributed by atoms with Crippen molar-refractivity contribution in [1.82, 2.24) is 0 Å². The van der Waals surface area contributed by atoms with E-state index in [-0.39, 0.29) is 5.91 Å². The zero-order valence-electron chi connectivity index (χ0n) is 16.2. The number of hydrogen-bond donors (Lipinski definition) is 0. The van der Waals surface area contributed by atoms with Gasteiger partial charge in [0.05, 0.1) is 11.5 Å². The molecule has 0 atom stereocenters. The number of hydrogen-bond acceptors (Lipinski definition) is 5. The average Bonchev–Trinajstić information content (AvgIpc) is 3.06. The number of ether oxygens (including phenoxy) is 2. The van der Waals surface area contributed by atoms with Crippen molar-refractivity contribution >= 4 is 39.9 Å². The highest BCUT2D eigenvalue weighted by Crippen LogP contribution is 2.32. The van der Waals surface area contributed by atoms with Crippen molar-refractivity contribution in [1.29, 1.82) is 0 Å². The van der Waals surface area contributed by atoms with Crippen LogP contribution in [0, 0.1) is 5.92 Å². The van der Waals surface area contributed by atoms with Crippen LogP contribution in [-0.2, 0) is 11.4 Å². The maximum atomic E-state index is 11.8. The molecular formula is C22H23NO3S2. The minimum atomic E-state index is -0.171. The molecule has 0 aromatic heterocycles. The summed E-state index contributed by atoms with van der Waals surface area (Å²) in [4.78, 5) is 16.5. The first-order valence-corrected chi connectivity index (χ1v) is 11.1. The molecule has 0 N–H and O–H groups in total. The van der Waals surface area contributed by atoms with Gasteiger partial charge >= 0.3 is 0 Å². The molecule has 0 unspecified atom stereocenters. The molecule has 0 radical (unpaired) electrons. The van der Waals surface area contributed by atoms with Crippen LogP contribution in [0.3, 0.4) is 0 Å². The molecule has 1 aliphatic heterocycles. The number of carbonyl (C=O) groups is 1. The third-order valence-corrected chi connectivity index (χ3v) is 5.83. The Morgan fingerprint density at radius 2 is 1.68 bits per heavy atom. The molecule has 0 aliphatic carbocycles. The van der Waals surface area contributed by atoms with Crippen LogP contribution in [-0.4, -0.2) is 23.1 Å². The molecule has 0 bridgehead atoms. The normalized spacial score (nSPS) is 15.2. The molecule has 1 aliphatic rings. The summed E-state index contributed by atoms with van der Waals surface area (Å²) in [6, 6.07) is 15.7. The lowest BCUT2D eigenvalue weighted by molar-refractivity contribution is -0.113. The van der Waals surface area contributed by atoms with E-state index in [1.165, 1.54) is 23.5 Å². The van der Waals surface area contributed by atoms with E-state index in [0.717, 1.165) is 27.0 Å². The predicted molar refractivity (Wildman–Crippen MR) is 119 cm³/mol. The van der Waals surface area contributed by atoms with Crippen molar-refractivity contribution in [3.8, 4) is 11.5 Å². The SMILES string of the molecule is CSC1=NC(=O)/C(=C/c2ccc(OCc3ccc(OCC(C)C)cc3)cc2)S1. The maximum Gasteiger partial charge on any atom is 0.285 e. The molecule has 0 saturated heterocycles. The predicted octanol–water partition coefficient (Wildman–Crippen LogP) is 5.63. The van der Waals surface area contributed by atoms with Crippen molar-refractivity contribution in [2.45, 2.75) is 20.5 Å². The summed E-state index contributed by atoms with van der Waals surface area (Å²) < 4.78 is 12.3. The quantitative estimate of drug-likeness (QED) is 0.550. The van der Waals surface area contributed by atoms with Crippen molar-refractivity contribution in [3.05, 3.63) is 64.6 Å². The summed E-state index contributed by atoms with van der Waals surface area (Å²) in [6.07, 6.45) is 3.78. The van der Waals surface area contributed by atoms with Crippen LogP contribution in [0.4, 0.5) is 0 Å². The van der Waals surface area contributed by atoms with Crippen LogP contribution in [0.5, 0.6) is 11.5 Å². The summed E-state index contributed by atoms with van der Waals surface area (Å²) >= 11 is 2.90. The van der Waals surface area contributed by atoms with Gasteiger partial charge in [0, 0.05) is 0 Å². The zero-order chi connectivity index (χ0) is 19.9. The molecule has 6 heteroatoms. The lowest BCUT2D eigenvalue weighted by Crippen LogP contribution is -2.04. The van der Waals surface area contributed by atoms with E-state index in [1.807, 2.05) is 60.9 Å². The first-order valence-electron chi connectivity index (χ1n) is 9.04. The Morgan fingerprint density at radius 1 is 1.04 bits per heavy atom. The summed E-state index contributed by atoms with van der Waals surface area (Å²) in [5, 5.41) is 0. The summed E-state index contributed by atoms with van der Waals surface area (Å²) in [5.41, 5.74) is 2.03. The Balaban J connectivity index is 1.53. The maximum absolute atomic E-state index is 11.8. The minimum absolute atomic E-state index is 0.171. The van der Waals surface area contributed by atoms with Crippen molar-refractivity contribution in [2.24, 2.45) is 10.9 Å². The van der Waals surface area contributed by atoms with Gasteiger partial charge in [0.15, 0.2) is 0 Å². The van der Waals surface area contributed by atoms with E-state index >= 15 is 0 Å². The highest BCUT2D eigenvalue weighted by atomic mass is 32.2. The van der Waals surface area contributed by atoms with Gasteiger partial charge < -0.3 is 9.47 Å². The Bertz CT molecular complexity index is 872. The molecule has 0 spiro atoms. The van der Waals surface area contributed by atoms with Gasteiger partial charge in [-0.15, -0.1) is 11.8 Å². The third-order valence-electron chi connectivity index (χ3n) is 3.87. The lowest BCUT2D eigenvalue weighted by atomic mass is 10.2. The Morgan fingerprint density at radius 3 is 2.29 bits per heavy atom. The smallest absolute Gasteiger partial charge is 0.285 e. The zero-order valence-corrected chi connectivity index (χ0v) is 17.8. The Labute approximate surface area is 174 Å². The number of rotatable bonds is 7. The van der Waals surface area contributed by atoms with Crippen LogP contribution in [0.1, 0.15) is 25.0 Å². The van der Waals surface area contributed by atoms with Crippen LogP contribution in [0.2, 0.25) is 0 Å². The molecule has 1 heterocycles. The number of amides is 1. The number of carbonyl (C=O) groups excluding carboxylic acids is 1. The van der Waals surface area contributed by atoms with Gasteiger partial charge in [0.1, 0.15) is 22.5 Å².